The van der Waals surface area contributed by atoms with Crippen LogP contribution in [0.25, 0.3) is 10.9 Å². The third kappa shape index (κ3) is 2.63. The lowest BCUT2D eigenvalue weighted by molar-refractivity contribution is -0.651. The van der Waals surface area contributed by atoms with Gasteiger partial charge in [0, 0.05) is 37.9 Å². The van der Waals surface area contributed by atoms with E-state index < -0.39 is 0 Å². The molecule has 0 atom stereocenters. The summed E-state index contributed by atoms with van der Waals surface area (Å²) in [7, 11) is 3.90. The molecule has 3 aromatic rings. The molecule has 0 saturated heterocycles. The maximum Gasteiger partial charge on any atom is 0.214 e. The minimum absolute atomic E-state index is 0.436. The molecule has 0 radical (unpaired) electrons. The highest BCUT2D eigenvalue weighted by atomic mass is 15.1. The fraction of sp³-hybridized carbons (Fsp3) is 0.235. The monoisotopic (exact) mass is 309 g/mol. The summed E-state index contributed by atoms with van der Waals surface area (Å²) >= 11 is 0. The molecule has 1 aromatic carbocycles. The van der Waals surface area contributed by atoms with E-state index in [-0.39, 0.29) is 0 Å². The molecule has 0 aliphatic heterocycles. The van der Waals surface area contributed by atoms with Crippen LogP contribution in [0.2, 0.25) is 0 Å². The Morgan fingerprint density at radius 2 is 1.87 bits per heavy atom. The molecule has 6 nitrogen and oxygen atoms in total. The highest BCUT2D eigenvalue weighted by Gasteiger charge is 2.12. The Morgan fingerprint density at radius 1 is 1.13 bits per heavy atom. The zero-order valence-electron chi connectivity index (χ0n) is 13.8. The first-order valence-electron chi connectivity index (χ1n) is 7.40. The number of nitrogen functional groups attached to an aromatic ring is 2. The molecule has 0 amide bonds. The van der Waals surface area contributed by atoms with E-state index in [1.54, 1.807) is 0 Å². The Morgan fingerprint density at radius 3 is 2.57 bits per heavy atom. The lowest BCUT2D eigenvalue weighted by Crippen LogP contribution is -2.32. The number of hydrogen-bond donors (Lipinski definition) is 2. The van der Waals surface area contributed by atoms with Gasteiger partial charge in [0.1, 0.15) is 7.05 Å². The van der Waals surface area contributed by atoms with Crippen molar-refractivity contribution in [1.29, 1.82) is 0 Å². The van der Waals surface area contributed by atoms with E-state index in [1.165, 1.54) is 0 Å². The van der Waals surface area contributed by atoms with Crippen LogP contribution in [0.5, 0.6) is 0 Å². The predicted octanol–water partition coefficient (Wildman–Crippen LogP) is 1.41. The maximum absolute atomic E-state index is 6.16. The Labute approximate surface area is 134 Å². The van der Waals surface area contributed by atoms with Gasteiger partial charge in [-0.1, -0.05) is 0 Å². The summed E-state index contributed by atoms with van der Waals surface area (Å²) in [6, 6.07) is 9.83. The van der Waals surface area contributed by atoms with Gasteiger partial charge in [-0.3, -0.25) is 0 Å². The number of fused-ring (bicyclic) bond motifs is 1. The van der Waals surface area contributed by atoms with Crippen molar-refractivity contribution in [2.24, 2.45) is 19.1 Å². The summed E-state index contributed by atoms with van der Waals surface area (Å²) in [6.45, 7) is 4.01. The van der Waals surface area contributed by atoms with Gasteiger partial charge in [0.2, 0.25) is 11.5 Å². The smallest absolute Gasteiger partial charge is 0.214 e. The molecule has 0 bridgehead atoms. The zero-order chi connectivity index (χ0) is 16.7. The topological polar surface area (TPSA) is 86.1 Å². The predicted molar refractivity (Wildman–Crippen MR) is 91.9 cm³/mol. The first-order chi connectivity index (χ1) is 10.9. The van der Waals surface area contributed by atoms with Crippen molar-refractivity contribution in [3.05, 3.63) is 47.2 Å². The van der Waals surface area contributed by atoms with Crippen molar-refractivity contribution in [3.8, 4) is 0 Å². The van der Waals surface area contributed by atoms with Gasteiger partial charge in [-0.15, -0.1) is 0 Å². The van der Waals surface area contributed by atoms with E-state index in [9.17, 15) is 0 Å². The lowest BCUT2D eigenvalue weighted by atomic mass is 10.1. The first-order valence-corrected chi connectivity index (χ1v) is 7.40. The second kappa shape index (κ2) is 5.39. The molecule has 23 heavy (non-hydrogen) atoms. The summed E-state index contributed by atoms with van der Waals surface area (Å²) in [6.07, 6.45) is 0. The van der Waals surface area contributed by atoms with Gasteiger partial charge in [-0.2, -0.15) is 9.55 Å². The van der Waals surface area contributed by atoms with E-state index in [0.717, 1.165) is 33.7 Å². The number of benzene rings is 1. The molecule has 2 aromatic heterocycles. The molecule has 118 valence electrons. The van der Waals surface area contributed by atoms with Crippen molar-refractivity contribution in [2.75, 3.05) is 11.5 Å². The van der Waals surface area contributed by atoms with Crippen molar-refractivity contribution < 1.29 is 4.57 Å². The number of pyridine rings is 1. The van der Waals surface area contributed by atoms with Crippen molar-refractivity contribution in [3.63, 3.8) is 0 Å². The van der Waals surface area contributed by atoms with E-state index in [0.29, 0.717) is 11.4 Å². The van der Waals surface area contributed by atoms with Gasteiger partial charge in [0.25, 0.3) is 0 Å². The van der Waals surface area contributed by atoms with Crippen molar-refractivity contribution in [2.45, 2.75) is 13.8 Å². The minimum atomic E-state index is 0.436. The molecular weight excluding hydrogens is 288 g/mol. The van der Waals surface area contributed by atoms with Gasteiger partial charge < -0.3 is 16.0 Å². The molecule has 4 N–H and O–H groups in total. The van der Waals surface area contributed by atoms with Crippen LogP contribution in [-0.4, -0.2) is 9.55 Å². The molecule has 2 heterocycles. The Bertz CT molecular complexity index is 958. The van der Waals surface area contributed by atoms with Crippen LogP contribution in [0.1, 0.15) is 11.4 Å². The Kier molecular flexibility index (Phi) is 3.52. The largest absolute Gasteiger partial charge is 0.398 e. The van der Waals surface area contributed by atoms with E-state index in [2.05, 4.69) is 14.5 Å². The molecule has 0 saturated carbocycles. The second-order valence-electron chi connectivity index (χ2n) is 5.79. The Hall–Kier alpha value is -2.89. The van der Waals surface area contributed by atoms with Crippen LogP contribution in [-0.2, 0) is 14.1 Å². The van der Waals surface area contributed by atoms with E-state index in [1.807, 2.05) is 62.8 Å². The second-order valence-corrected chi connectivity index (χ2v) is 5.79. The van der Waals surface area contributed by atoms with Gasteiger partial charge in [0.05, 0.1) is 16.8 Å². The number of anilines is 2. The number of aromatic nitrogens is 3. The Balaban J connectivity index is 2.20. The van der Waals surface area contributed by atoms with E-state index in [4.69, 9.17) is 11.5 Å². The van der Waals surface area contributed by atoms with Crippen LogP contribution in [0.15, 0.2) is 35.3 Å². The third-order valence-corrected chi connectivity index (χ3v) is 4.23. The molecule has 0 aliphatic carbocycles. The number of nitrogens with zero attached hydrogens (tertiary/aromatic N) is 4. The highest BCUT2D eigenvalue weighted by Crippen LogP contribution is 2.24. The molecule has 0 spiro atoms. The van der Waals surface area contributed by atoms with Gasteiger partial charge >= 0.3 is 0 Å². The maximum atomic E-state index is 6.16. The number of nitrogens with two attached hydrogens (primary N) is 2. The standard InChI is InChI=1S/C17H20N6/c1-10-7-14(18)13-9-12(5-6-15(13)22(10)3)20-16-8-11(2)23(4)17(19)21-16/h5-9,18H,1-4H3,(H2,19,20,21)/p+1. The third-order valence-electron chi connectivity index (χ3n) is 4.23. The van der Waals surface area contributed by atoms with Crippen molar-refractivity contribution in [1.82, 2.24) is 9.55 Å². The molecular formula is C17H21N6+. The van der Waals surface area contributed by atoms with Crippen LogP contribution in [0, 0.1) is 13.8 Å². The average Bonchev–Trinajstić information content (AvgIpc) is 2.50. The van der Waals surface area contributed by atoms with Crippen LogP contribution < -0.4 is 21.5 Å². The van der Waals surface area contributed by atoms with Crippen LogP contribution >= 0.6 is 0 Å². The zero-order valence-corrected chi connectivity index (χ0v) is 13.8. The molecule has 0 unspecified atom stereocenters. The summed E-state index contributed by atoms with van der Waals surface area (Å²) in [4.78, 5) is 8.88. The average molecular weight is 309 g/mol. The molecule has 3 rings (SSSR count). The molecule has 0 aliphatic rings. The quantitative estimate of drug-likeness (QED) is 0.666. The highest BCUT2D eigenvalue weighted by molar-refractivity contribution is 5.90. The van der Waals surface area contributed by atoms with Gasteiger partial charge in [-0.25, -0.2) is 4.99 Å². The summed E-state index contributed by atoms with van der Waals surface area (Å²) in [5.41, 5.74) is 17.4. The fourth-order valence-corrected chi connectivity index (χ4v) is 2.59. The minimum Gasteiger partial charge on any atom is -0.398 e. The van der Waals surface area contributed by atoms with Crippen molar-refractivity contribution >= 4 is 28.2 Å². The van der Waals surface area contributed by atoms with Crippen LogP contribution in [0.3, 0.4) is 0 Å². The first kappa shape index (κ1) is 15.0. The van der Waals surface area contributed by atoms with Gasteiger partial charge in [0.15, 0.2) is 11.2 Å². The van der Waals surface area contributed by atoms with E-state index >= 15 is 0 Å². The normalized spacial score (nSPS) is 12.1. The van der Waals surface area contributed by atoms with Crippen LogP contribution in [0.4, 0.5) is 17.3 Å². The van der Waals surface area contributed by atoms with Gasteiger partial charge in [-0.05, 0) is 19.1 Å². The summed E-state index contributed by atoms with van der Waals surface area (Å²) < 4.78 is 3.93. The summed E-state index contributed by atoms with van der Waals surface area (Å²) in [5.74, 6) is 0.436. The molecule has 0 fully saturated rings. The number of rotatable bonds is 1. The number of hydrogen-bond acceptors (Lipinski definition) is 4. The lowest BCUT2D eigenvalue weighted by Gasteiger charge is -2.07. The SMILES string of the molecule is Cc1cc(=Nc2ccc3c(c2)c(N)cc(C)[n+]3C)nc(N)n1C. The number of aryl methyl sites for hydroxylation is 3. The fourth-order valence-electron chi connectivity index (χ4n) is 2.59. The molecule has 6 heteroatoms. The summed E-state index contributed by atoms with van der Waals surface area (Å²) in [5, 5.41) is 0.977.